The molecule has 122 valence electrons. The Bertz CT molecular complexity index is 660. The largest absolute Gasteiger partial charge is 0.468 e. The molecular weight excluding hydrogens is 292 g/mol. The van der Waals surface area contributed by atoms with Crippen LogP contribution in [0.2, 0.25) is 0 Å². The van der Waals surface area contributed by atoms with Crippen molar-refractivity contribution in [3.63, 3.8) is 0 Å². The average Bonchev–Trinajstić information content (AvgIpc) is 3.27. The minimum Gasteiger partial charge on any atom is -0.468 e. The molecule has 23 heavy (non-hydrogen) atoms. The first kappa shape index (κ1) is 17.0. The number of hydrogen-bond acceptors (Lipinski definition) is 4. The third-order valence-corrected chi connectivity index (χ3v) is 4.24. The first-order valence-electron chi connectivity index (χ1n) is 7.60. The summed E-state index contributed by atoms with van der Waals surface area (Å²) in [6, 6.07) is 7.93. The van der Waals surface area contributed by atoms with Gasteiger partial charge < -0.3 is 9.47 Å². The number of carbonyl (C=O) groups excluding carboxylic acids is 2. The maximum Gasteiger partial charge on any atom is 0.323 e. The summed E-state index contributed by atoms with van der Waals surface area (Å²) < 4.78 is 9.63. The number of benzene rings is 1. The molecule has 0 aliphatic heterocycles. The SMILES string of the molecule is COC(=O)C1(C(=O)OC)CC1Cc1ccccc1C=C=C(C)C. The number of allylic oxidation sites excluding steroid dienone is 1. The molecule has 0 N–H and O–H groups in total. The van der Waals surface area contributed by atoms with Crippen molar-refractivity contribution in [1.82, 2.24) is 0 Å². The van der Waals surface area contributed by atoms with Crippen molar-refractivity contribution < 1.29 is 19.1 Å². The molecule has 0 aromatic heterocycles. The Morgan fingerprint density at radius 3 is 2.39 bits per heavy atom. The van der Waals surface area contributed by atoms with E-state index in [9.17, 15) is 9.59 Å². The molecule has 1 fully saturated rings. The maximum atomic E-state index is 12.1. The normalized spacial score (nSPS) is 17.7. The molecule has 0 spiro atoms. The third kappa shape index (κ3) is 3.38. The van der Waals surface area contributed by atoms with E-state index >= 15 is 0 Å². The van der Waals surface area contributed by atoms with Crippen LogP contribution >= 0.6 is 0 Å². The van der Waals surface area contributed by atoms with Gasteiger partial charge in [-0.25, -0.2) is 0 Å². The van der Waals surface area contributed by atoms with Crippen molar-refractivity contribution in [3.8, 4) is 0 Å². The van der Waals surface area contributed by atoms with E-state index < -0.39 is 17.4 Å². The van der Waals surface area contributed by atoms with Crippen LogP contribution in [0.3, 0.4) is 0 Å². The summed E-state index contributed by atoms with van der Waals surface area (Å²) in [7, 11) is 2.60. The second-order valence-corrected chi connectivity index (χ2v) is 6.05. The van der Waals surface area contributed by atoms with E-state index in [4.69, 9.17) is 9.47 Å². The molecule has 0 amide bonds. The van der Waals surface area contributed by atoms with E-state index in [1.165, 1.54) is 14.2 Å². The molecule has 1 atom stereocenters. The maximum absolute atomic E-state index is 12.1. The summed E-state index contributed by atoms with van der Waals surface area (Å²) in [5, 5.41) is 0. The van der Waals surface area contributed by atoms with E-state index in [1.54, 1.807) is 0 Å². The third-order valence-electron chi connectivity index (χ3n) is 4.24. The lowest BCUT2D eigenvalue weighted by Crippen LogP contribution is -2.30. The van der Waals surface area contributed by atoms with Crippen molar-refractivity contribution in [2.75, 3.05) is 14.2 Å². The fourth-order valence-corrected chi connectivity index (χ4v) is 2.87. The van der Waals surface area contributed by atoms with Crippen LogP contribution in [0.5, 0.6) is 0 Å². The highest BCUT2D eigenvalue weighted by molar-refractivity contribution is 6.03. The van der Waals surface area contributed by atoms with E-state index in [1.807, 2.05) is 44.2 Å². The zero-order chi connectivity index (χ0) is 17.0. The van der Waals surface area contributed by atoms with Crippen molar-refractivity contribution in [3.05, 3.63) is 46.7 Å². The van der Waals surface area contributed by atoms with Crippen LogP contribution in [0.1, 0.15) is 31.4 Å². The Hall–Kier alpha value is -2.32. The number of rotatable bonds is 5. The fourth-order valence-electron chi connectivity index (χ4n) is 2.87. The van der Waals surface area contributed by atoms with Gasteiger partial charge in [0.1, 0.15) is 0 Å². The molecule has 0 radical (unpaired) electrons. The van der Waals surface area contributed by atoms with Crippen molar-refractivity contribution in [2.45, 2.75) is 26.7 Å². The van der Waals surface area contributed by atoms with Gasteiger partial charge >= 0.3 is 11.9 Å². The Kier molecular flexibility index (Phi) is 5.07. The lowest BCUT2D eigenvalue weighted by atomic mass is 9.96. The smallest absolute Gasteiger partial charge is 0.323 e. The number of methoxy groups -OCH3 is 2. The molecule has 4 nitrogen and oxygen atoms in total. The Balaban J connectivity index is 2.26. The van der Waals surface area contributed by atoms with Gasteiger partial charge in [-0.3, -0.25) is 9.59 Å². The van der Waals surface area contributed by atoms with E-state index in [-0.39, 0.29) is 5.92 Å². The van der Waals surface area contributed by atoms with Gasteiger partial charge in [-0.05, 0) is 55.4 Å². The van der Waals surface area contributed by atoms with Gasteiger partial charge in [-0.1, -0.05) is 24.3 Å². The summed E-state index contributed by atoms with van der Waals surface area (Å²) >= 11 is 0. The van der Waals surface area contributed by atoms with Crippen LogP contribution in [0.25, 0.3) is 6.08 Å². The Labute approximate surface area is 136 Å². The van der Waals surface area contributed by atoms with Gasteiger partial charge in [0.25, 0.3) is 0 Å². The minimum absolute atomic E-state index is 0.0938. The standard InChI is InChI=1S/C19H22O4/c1-13(2)9-10-14-7-5-6-8-15(14)11-16-12-19(16,17(20)22-3)18(21)23-4/h5-8,10,16H,11-12H2,1-4H3. The predicted molar refractivity (Wildman–Crippen MR) is 87.6 cm³/mol. The van der Waals surface area contributed by atoms with Crippen LogP contribution in [0.4, 0.5) is 0 Å². The number of ether oxygens (including phenoxy) is 2. The highest BCUT2D eigenvalue weighted by Gasteiger charge is 2.67. The first-order valence-corrected chi connectivity index (χ1v) is 7.60. The minimum atomic E-state index is -1.14. The second-order valence-electron chi connectivity index (χ2n) is 6.05. The molecule has 0 saturated heterocycles. The molecule has 1 unspecified atom stereocenters. The monoisotopic (exact) mass is 314 g/mol. The van der Waals surface area contributed by atoms with Gasteiger partial charge in [0, 0.05) is 0 Å². The van der Waals surface area contributed by atoms with E-state index in [0.717, 1.165) is 16.7 Å². The van der Waals surface area contributed by atoms with Gasteiger partial charge in [0.05, 0.1) is 14.2 Å². The molecule has 0 heterocycles. The van der Waals surface area contributed by atoms with Crippen LogP contribution < -0.4 is 0 Å². The molecule has 4 heteroatoms. The van der Waals surface area contributed by atoms with Gasteiger partial charge in [0.2, 0.25) is 0 Å². The van der Waals surface area contributed by atoms with Crippen LogP contribution in [-0.4, -0.2) is 26.2 Å². The number of esters is 2. The molecule has 1 aromatic carbocycles. The highest BCUT2D eigenvalue weighted by Crippen LogP contribution is 2.56. The molecule has 1 saturated carbocycles. The summed E-state index contributed by atoms with van der Waals surface area (Å²) in [5.74, 6) is -1.11. The molecular formula is C19H22O4. The summed E-state index contributed by atoms with van der Waals surface area (Å²) in [6.45, 7) is 3.97. The summed E-state index contributed by atoms with van der Waals surface area (Å²) in [5.41, 5.74) is 5.27. The number of hydrogen-bond donors (Lipinski definition) is 0. The lowest BCUT2D eigenvalue weighted by molar-refractivity contribution is -0.162. The average molecular weight is 314 g/mol. The zero-order valence-corrected chi connectivity index (χ0v) is 14.0. The first-order chi connectivity index (χ1) is 11.0. The summed E-state index contributed by atoms with van der Waals surface area (Å²) in [4.78, 5) is 24.1. The van der Waals surface area contributed by atoms with Crippen molar-refractivity contribution >= 4 is 18.0 Å². The van der Waals surface area contributed by atoms with Crippen molar-refractivity contribution in [1.29, 1.82) is 0 Å². The van der Waals surface area contributed by atoms with Crippen LogP contribution in [-0.2, 0) is 25.5 Å². The fraction of sp³-hybridized carbons (Fsp3) is 0.421. The lowest BCUT2D eigenvalue weighted by Gasteiger charge is -2.13. The molecule has 0 bridgehead atoms. The molecule has 1 aromatic rings. The van der Waals surface area contributed by atoms with Crippen LogP contribution in [0, 0.1) is 11.3 Å². The Morgan fingerprint density at radius 2 is 1.83 bits per heavy atom. The van der Waals surface area contributed by atoms with Crippen molar-refractivity contribution in [2.24, 2.45) is 11.3 Å². The molecule has 1 aliphatic carbocycles. The van der Waals surface area contributed by atoms with Gasteiger partial charge in [0.15, 0.2) is 5.41 Å². The summed E-state index contributed by atoms with van der Waals surface area (Å²) in [6.07, 6.45) is 3.03. The second kappa shape index (κ2) is 6.84. The van der Waals surface area contributed by atoms with Gasteiger partial charge in [-0.15, -0.1) is 5.73 Å². The Morgan fingerprint density at radius 1 is 1.22 bits per heavy atom. The van der Waals surface area contributed by atoms with Gasteiger partial charge in [-0.2, -0.15) is 0 Å². The quantitative estimate of drug-likeness (QED) is 0.476. The van der Waals surface area contributed by atoms with Crippen LogP contribution in [0.15, 0.2) is 35.6 Å². The zero-order valence-electron chi connectivity index (χ0n) is 14.0. The predicted octanol–water partition coefficient (Wildman–Crippen LogP) is 3.16. The number of carbonyl (C=O) groups is 2. The highest BCUT2D eigenvalue weighted by atomic mass is 16.5. The molecule has 1 aliphatic rings. The topological polar surface area (TPSA) is 52.6 Å². The van der Waals surface area contributed by atoms with E-state index in [0.29, 0.717) is 12.8 Å². The molecule has 2 rings (SSSR count). The van der Waals surface area contributed by atoms with E-state index in [2.05, 4.69) is 5.73 Å².